The number of carbonyl (C=O) groups excluding carboxylic acids is 3. The first-order valence-electron chi connectivity index (χ1n) is 6.92. The minimum atomic E-state index is -1.22. The molecule has 1 aromatic carbocycles. The Morgan fingerprint density at radius 2 is 1.78 bits per heavy atom. The number of methoxy groups -OCH3 is 1. The topological polar surface area (TPSA) is 113 Å². The van der Waals surface area contributed by atoms with E-state index in [2.05, 4.69) is 5.32 Å². The molecule has 1 aromatic rings. The number of ether oxygens (including phenoxy) is 1. The van der Waals surface area contributed by atoms with Gasteiger partial charge in [-0.1, -0.05) is 12.1 Å². The molecule has 8 heteroatoms. The van der Waals surface area contributed by atoms with E-state index in [1.807, 2.05) is 0 Å². The molecule has 0 bridgehead atoms. The third kappa shape index (κ3) is 3.54. The monoisotopic (exact) mass is 320 g/mol. The third-order valence-corrected chi connectivity index (χ3v) is 3.41. The highest BCUT2D eigenvalue weighted by atomic mass is 16.5. The number of rotatable bonds is 7. The quantitative estimate of drug-likeness (QED) is 0.678. The maximum Gasteiger partial charge on any atom is 0.328 e. The zero-order valence-electron chi connectivity index (χ0n) is 12.4. The second-order valence-electron chi connectivity index (χ2n) is 4.97. The second kappa shape index (κ2) is 7.01. The van der Waals surface area contributed by atoms with Gasteiger partial charge in [-0.2, -0.15) is 0 Å². The highest BCUT2D eigenvalue weighted by molar-refractivity contribution is 6.21. The van der Waals surface area contributed by atoms with Gasteiger partial charge in [0.15, 0.2) is 6.04 Å². The van der Waals surface area contributed by atoms with Gasteiger partial charge in [-0.25, -0.2) is 4.79 Å². The lowest BCUT2D eigenvalue weighted by Gasteiger charge is -2.16. The SMILES string of the molecule is COCC(NC(=O)CCN1C(=O)c2ccccc2C1=O)C(=O)O. The number of nitrogens with zero attached hydrogens (tertiary/aromatic N) is 1. The van der Waals surface area contributed by atoms with Crippen LogP contribution in [0.2, 0.25) is 0 Å². The normalized spacial score (nSPS) is 14.6. The van der Waals surface area contributed by atoms with Gasteiger partial charge in [0, 0.05) is 20.1 Å². The first-order valence-corrected chi connectivity index (χ1v) is 6.92. The smallest absolute Gasteiger partial charge is 0.328 e. The van der Waals surface area contributed by atoms with Crippen LogP contribution in [0.4, 0.5) is 0 Å². The molecule has 1 atom stereocenters. The zero-order chi connectivity index (χ0) is 17.0. The van der Waals surface area contributed by atoms with Crippen molar-refractivity contribution in [2.75, 3.05) is 20.3 Å². The summed E-state index contributed by atoms with van der Waals surface area (Å²) in [5.74, 6) is -2.71. The molecule has 3 amide bonds. The summed E-state index contributed by atoms with van der Waals surface area (Å²) in [5, 5.41) is 11.2. The Morgan fingerprint density at radius 3 is 2.26 bits per heavy atom. The Balaban J connectivity index is 1.94. The van der Waals surface area contributed by atoms with Crippen molar-refractivity contribution in [3.05, 3.63) is 35.4 Å². The van der Waals surface area contributed by atoms with E-state index in [0.717, 1.165) is 4.90 Å². The van der Waals surface area contributed by atoms with Crippen LogP contribution in [-0.2, 0) is 14.3 Å². The van der Waals surface area contributed by atoms with Gasteiger partial charge in [0.25, 0.3) is 11.8 Å². The fourth-order valence-electron chi connectivity index (χ4n) is 2.26. The second-order valence-corrected chi connectivity index (χ2v) is 4.97. The Bertz CT molecular complexity index is 622. The number of nitrogens with one attached hydrogen (secondary N) is 1. The lowest BCUT2D eigenvalue weighted by atomic mass is 10.1. The lowest BCUT2D eigenvalue weighted by Crippen LogP contribution is -2.45. The summed E-state index contributed by atoms with van der Waals surface area (Å²) in [6.45, 7) is -0.286. The third-order valence-electron chi connectivity index (χ3n) is 3.41. The Morgan fingerprint density at radius 1 is 1.22 bits per heavy atom. The lowest BCUT2D eigenvalue weighted by molar-refractivity contribution is -0.143. The summed E-state index contributed by atoms with van der Waals surface area (Å²) in [7, 11) is 1.32. The molecule has 2 rings (SSSR count). The van der Waals surface area contributed by atoms with E-state index in [4.69, 9.17) is 9.84 Å². The molecule has 1 aliphatic heterocycles. The van der Waals surface area contributed by atoms with Crippen LogP contribution in [0.1, 0.15) is 27.1 Å². The van der Waals surface area contributed by atoms with E-state index in [1.165, 1.54) is 7.11 Å². The molecule has 1 aliphatic rings. The highest BCUT2D eigenvalue weighted by Gasteiger charge is 2.35. The van der Waals surface area contributed by atoms with Crippen molar-refractivity contribution >= 4 is 23.7 Å². The van der Waals surface area contributed by atoms with Crippen molar-refractivity contribution in [2.45, 2.75) is 12.5 Å². The standard InChI is InChI=1S/C15H16N2O6/c1-23-8-11(15(21)22)16-12(18)6-7-17-13(19)9-4-2-3-5-10(9)14(17)20/h2-5,11H,6-8H2,1H3,(H,16,18)(H,21,22). The zero-order valence-corrected chi connectivity index (χ0v) is 12.4. The van der Waals surface area contributed by atoms with Crippen molar-refractivity contribution in [2.24, 2.45) is 0 Å². The van der Waals surface area contributed by atoms with Gasteiger partial charge in [-0.05, 0) is 12.1 Å². The number of amides is 3. The van der Waals surface area contributed by atoms with Crippen LogP contribution in [0.25, 0.3) is 0 Å². The first kappa shape index (κ1) is 16.6. The molecular formula is C15H16N2O6. The maximum atomic E-state index is 12.1. The first-order chi connectivity index (χ1) is 11.0. The van der Waals surface area contributed by atoms with Crippen LogP contribution in [0.5, 0.6) is 0 Å². The molecule has 0 spiro atoms. The van der Waals surface area contributed by atoms with E-state index < -0.39 is 29.7 Å². The molecule has 122 valence electrons. The number of imide groups is 1. The average molecular weight is 320 g/mol. The molecule has 2 N–H and O–H groups in total. The van der Waals surface area contributed by atoms with Gasteiger partial charge in [0.2, 0.25) is 5.91 Å². The van der Waals surface area contributed by atoms with Crippen LogP contribution in [0.3, 0.4) is 0 Å². The molecule has 0 radical (unpaired) electrons. The molecular weight excluding hydrogens is 304 g/mol. The Kier molecular flexibility index (Phi) is 5.07. The number of carboxylic acids is 1. The van der Waals surface area contributed by atoms with E-state index >= 15 is 0 Å². The molecule has 1 unspecified atom stereocenters. The minimum absolute atomic E-state index is 0.114. The largest absolute Gasteiger partial charge is 0.480 e. The predicted octanol–water partition coefficient (Wildman–Crippen LogP) is -0.111. The van der Waals surface area contributed by atoms with Gasteiger partial charge >= 0.3 is 5.97 Å². The number of carbonyl (C=O) groups is 4. The number of hydrogen-bond acceptors (Lipinski definition) is 5. The number of fused-ring (bicyclic) bond motifs is 1. The predicted molar refractivity (Wildman–Crippen MR) is 77.9 cm³/mol. The summed E-state index contributed by atoms with van der Waals surface area (Å²) in [5.41, 5.74) is 0.612. The molecule has 23 heavy (non-hydrogen) atoms. The van der Waals surface area contributed by atoms with Gasteiger partial charge in [0.05, 0.1) is 17.7 Å². The van der Waals surface area contributed by atoms with E-state index in [1.54, 1.807) is 24.3 Å². The summed E-state index contributed by atoms with van der Waals surface area (Å²) < 4.78 is 4.71. The van der Waals surface area contributed by atoms with Crippen molar-refractivity contribution in [1.82, 2.24) is 10.2 Å². The van der Waals surface area contributed by atoms with Gasteiger partial charge in [-0.3, -0.25) is 19.3 Å². The molecule has 0 saturated carbocycles. The van der Waals surface area contributed by atoms with E-state index in [9.17, 15) is 19.2 Å². The van der Waals surface area contributed by atoms with Crippen molar-refractivity contribution in [3.8, 4) is 0 Å². The van der Waals surface area contributed by atoms with Crippen molar-refractivity contribution in [3.63, 3.8) is 0 Å². The summed E-state index contributed by atoms with van der Waals surface area (Å²) in [6.07, 6.45) is -0.182. The van der Waals surface area contributed by atoms with Crippen molar-refractivity contribution in [1.29, 1.82) is 0 Å². The van der Waals surface area contributed by atoms with Crippen LogP contribution < -0.4 is 5.32 Å². The highest BCUT2D eigenvalue weighted by Crippen LogP contribution is 2.22. The summed E-state index contributed by atoms with van der Waals surface area (Å²) in [6, 6.07) is 5.24. The molecule has 0 saturated heterocycles. The van der Waals surface area contributed by atoms with Crippen LogP contribution >= 0.6 is 0 Å². The molecule has 0 aromatic heterocycles. The van der Waals surface area contributed by atoms with Crippen LogP contribution in [0, 0.1) is 0 Å². The Labute approximate surface area is 132 Å². The molecule has 8 nitrogen and oxygen atoms in total. The van der Waals surface area contributed by atoms with E-state index in [0.29, 0.717) is 11.1 Å². The number of hydrogen-bond donors (Lipinski definition) is 2. The van der Waals surface area contributed by atoms with Crippen LogP contribution in [0.15, 0.2) is 24.3 Å². The van der Waals surface area contributed by atoms with E-state index in [-0.39, 0.29) is 19.6 Å². The van der Waals surface area contributed by atoms with Crippen molar-refractivity contribution < 1.29 is 29.0 Å². The summed E-state index contributed by atoms with van der Waals surface area (Å²) in [4.78, 5) is 47.9. The molecule has 0 aliphatic carbocycles. The number of carboxylic acid groups (broad SMARTS) is 1. The molecule has 0 fully saturated rings. The summed E-state index contributed by atoms with van der Waals surface area (Å²) >= 11 is 0. The maximum absolute atomic E-state index is 12.1. The fraction of sp³-hybridized carbons (Fsp3) is 0.333. The van der Waals surface area contributed by atoms with Gasteiger partial charge in [-0.15, -0.1) is 0 Å². The average Bonchev–Trinajstić information content (AvgIpc) is 2.77. The van der Waals surface area contributed by atoms with Gasteiger partial charge < -0.3 is 15.2 Å². The fourth-order valence-corrected chi connectivity index (χ4v) is 2.26. The Hall–Kier alpha value is -2.74. The molecule has 1 heterocycles. The number of benzene rings is 1. The number of aliphatic carboxylic acids is 1. The minimum Gasteiger partial charge on any atom is -0.480 e. The van der Waals surface area contributed by atoms with Gasteiger partial charge in [0.1, 0.15) is 0 Å². The van der Waals surface area contributed by atoms with Crippen LogP contribution in [-0.4, -0.2) is 60.0 Å².